The number of nitrogens with zero attached hydrogens (tertiary/aromatic N) is 3. The molecular formula is C13H21N5O3S. The summed E-state index contributed by atoms with van der Waals surface area (Å²) in [5.41, 5.74) is -1.08. The Kier molecular flexibility index (Phi) is 5.09. The Labute approximate surface area is 130 Å². The molecule has 0 spiro atoms. The number of aromatic nitrogens is 2. The number of nitrogens with one attached hydrogen (secondary N) is 2. The van der Waals surface area contributed by atoms with Crippen molar-refractivity contribution in [2.24, 2.45) is 5.41 Å². The molecule has 0 radical (unpaired) electrons. The van der Waals surface area contributed by atoms with Gasteiger partial charge in [-0.1, -0.05) is 0 Å². The van der Waals surface area contributed by atoms with E-state index in [4.69, 9.17) is 0 Å². The normalized spacial score (nSPS) is 17.2. The van der Waals surface area contributed by atoms with Crippen molar-refractivity contribution in [3.8, 4) is 0 Å². The van der Waals surface area contributed by atoms with Crippen LogP contribution in [0.1, 0.15) is 13.8 Å². The van der Waals surface area contributed by atoms with Crippen LogP contribution in [0, 0.1) is 5.41 Å². The lowest BCUT2D eigenvalue weighted by Gasteiger charge is -2.30. The number of piperazine rings is 1. The average molecular weight is 327 g/mol. The predicted octanol–water partition coefficient (Wildman–Crippen LogP) is -0.324. The highest BCUT2D eigenvalue weighted by Gasteiger charge is 2.37. The summed E-state index contributed by atoms with van der Waals surface area (Å²) in [4.78, 5) is 20.1. The molecule has 1 aliphatic heterocycles. The van der Waals surface area contributed by atoms with E-state index in [-0.39, 0.29) is 11.7 Å². The summed E-state index contributed by atoms with van der Waals surface area (Å²) in [6.07, 6.45) is 3.01. The molecular weight excluding hydrogens is 306 g/mol. The average Bonchev–Trinajstić information content (AvgIpc) is 2.48. The lowest BCUT2D eigenvalue weighted by molar-refractivity contribution is -0.123. The van der Waals surface area contributed by atoms with Gasteiger partial charge in [0.05, 0.1) is 11.2 Å². The van der Waals surface area contributed by atoms with Gasteiger partial charge in [-0.15, -0.1) is 0 Å². The van der Waals surface area contributed by atoms with Gasteiger partial charge < -0.3 is 5.32 Å². The Morgan fingerprint density at radius 3 is 2.50 bits per heavy atom. The molecule has 122 valence electrons. The van der Waals surface area contributed by atoms with Crippen LogP contribution >= 0.6 is 0 Å². The zero-order valence-electron chi connectivity index (χ0n) is 12.7. The number of hydrogen-bond donors (Lipinski definition) is 2. The maximum atomic E-state index is 12.4. The number of carbonyl (C=O) groups is 1. The van der Waals surface area contributed by atoms with Crippen LogP contribution in [-0.2, 0) is 14.8 Å². The summed E-state index contributed by atoms with van der Waals surface area (Å²) in [5, 5.41) is 5.65. The first kappa shape index (κ1) is 16.8. The third-order valence-electron chi connectivity index (χ3n) is 3.42. The molecule has 2 rings (SSSR count). The van der Waals surface area contributed by atoms with E-state index in [1.165, 1.54) is 16.7 Å². The molecule has 2 heterocycles. The van der Waals surface area contributed by atoms with E-state index in [9.17, 15) is 13.2 Å². The Morgan fingerprint density at radius 1 is 1.32 bits per heavy atom. The van der Waals surface area contributed by atoms with E-state index in [2.05, 4.69) is 20.6 Å². The Balaban J connectivity index is 2.04. The monoisotopic (exact) mass is 327 g/mol. The molecule has 0 saturated carbocycles. The fraction of sp³-hybridized carbons (Fsp3) is 0.615. The van der Waals surface area contributed by atoms with Crippen molar-refractivity contribution in [3.05, 3.63) is 18.5 Å². The third-order valence-corrected chi connectivity index (χ3v) is 5.66. The van der Waals surface area contributed by atoms with Crippen LogP contribution in [0.2, 0.25) is 0 Å². The molecule has 0 atom stereocenters. The van der Waals surface area contributed by atoms with E-state index in [0.29, 0.717) is 26.2 Å². The Hall–Kier alpha value is -1.58. The molecule has 1 aromatic heterocycles. The maximum Gasteiger partial charge on any atom is 0.233 e. The summed E-state index contributed by atoms with van der Waals surface area (Å²) in [6, 6.07) is 1.63. The molecule has 0 bridgehead atoms. The molecule has 1 saturated heterocycles. The third kappa shape index (κ3) is 4.21. The second kappa shape index (κ2) is 6.67. The molecule has 0 aliphatic carbocycles. The van der Waals surface area contributed by atoms with Gasteiger partial charge in [0.25, 0.3) is 0 Å². The van der Waals surface area contributed by atoms with Gasteiger partial charge >= 0.3 is 0 Å². The quantitative estimate of drug-likeness (QED) is 0.768. The van der Waals surface area contributed by atoms with E-state index in [1.807, 2.05) is 0 Å². The largest absolute Gasteiger partial charge is 0.314 e. The lowest BCUT2D eigenvalue weighted by atomic mass is 9.95. The second-order valence-electron chi connectivity index (χ2n) is 5.82. The molecule has 1 aliphatic rings. The van der Waals surface area contributed by atoms with E-state index < -0.39 is 21.3 Å². The topological polar surface area (TPSA) is 104 Å². The fourth-order valence-electron chi connectivity index (χ4n) is 2.17. The van der Waals surface area contributed by atoms with Crippen molar-refractivity contribution < 1.29 is 13.2 Å². The van der Waals surface area contributed by atoms with Crippen LogP contribution in [-0.4, -0.2) is 60.5 Å². The first-order valence-corrected chi connectivity index (χ1v) is 8.69. The van der Waals surface area contributed by atoms with Gasteiger partial charge in [-0.05, 0) is 19.9 Å². The summed E-state index contributed by atoms with van der Waals surface area (Å²) >= 11 is 0. The molecule has 1 amide bonds. The SMILES string of the molecule is CC(C)(CS(=O)(=O)N1CCNCC1)C(=O)Nc1ncccn1. The van der Waals surface area contributed by atoms with Gasteiger partial charge in [0.2, 0.25) is 21.9 Å². The predicted molar refractivity (Wildman–Crippen MR) is 82.7 cm³/mol. The smallest absolute Gasteiger partial charge is 0.233 e. The molecule has 22 heavy (non-hydrogen) atoms. The fourth-order valence-corrected chi connectivity index (χ4v) is 4.13. The van der Waals surface area contributed by atoms with Crippen LogP contribution in [0.5, 0.6) is 0 Å². The van der Waals surface area contributed by atoms with Crippen LogP contribution in [0.15, 0.2) is 18.5 Å². The van der Waals surface area contributed by atoms with Crippen molar-refractivity contribution in [2.45, 2.75) is 13.8 Å². The number of hydrogen-bond acceptors (Lipinski definition) is 6. The van der Waals surface area contributed by atoms with Crippen LogP contribution < -0.4 is 10.6 Å². The van der Waals surface area contributed by atoms with Gasteiger partial charge in [0.1, 0.15) is 0 Å². The second-order valence-corrected chi connectivity index (χ2v) is 7.78. The summed E-state index contributed by atoms with van der Waals surface area (Å²) < 4.78 is 26.3. The molecule has 0 aromatic carbocycles. The first-order valence-electron chi connectivity index (χ1n) is 7.08. The van der Waals surface area contributed by atoms with Crippen LogP contribution in [0.3, 0.4) is 0 Å². The molecule has 0 unspecified atom stereocenters. The highest BCUT2D eigenvalue weighted by atomic mass is 32.2. The van der Waals surface area contributed by atoms with Crippen LogP contribution in [0.4, 0.5) is 5.95 Å². The van der Waals surface area contributed by atoms with Gasteiger partial charge in [0, 0.05) is 38.6 Å². The van der Waals surface area contributed by atoms with E-state index >= 15 is 0 Å². The maximum absolute atomic E-state index is 12.4. The van der Waals surface area contributed by atoms with Crippen molar-refractivity contribution in [3.63, 3.8) is 0 Å². The Bertz CT molecular complexity index is 612. The molecule has 1 fully saturated rings. The highest BCUT2D eigenvalue weighted by molar-refractivity contribution is 7.89. The zero-order valence-corrected chi connectivity index (χ0v) is 13.6. The highest BCUT2D eigenvalue weighted by Crippen LogP contribution is 2.22. The number of rotatable bonds is 5. The molecule has 8 nitrogen and oxygen atoms in total. The minimum atomic E-state index is -3.49. The number of sulfonamides is 1. The Morgan fingerprint density at radius 2 is 1.91 bits per heavy atom. The zero-order chi connectivity index (χ0) is 16.2. The summed E-state index contributed by atoms with van der Waals surface area (Å²) in [7, 11) is -3.49. The number of carbonyl (C=O) groups excluding carboxylic acids is 1. The summed E-state index contributed by atoms with van der Waals surface area (Å²) in [5.74, 6) is -0.504. The van der Waals surface area contributed by atoms with Crippen molar-refractivity contribution in [1.29, 1.82) is 0 Å². The molecule has 2 N–H and O–H groups in total. The van der Waals surface area contributed by atoms with E-state index in [0.717, 1.165) is 0 Å². The first-order chi connectivity index (χ1) is 10.3. The van der Waals surface area contributed by atoms with Gasteiger partial charge in [-0.2, -0.15) is 4.31 Å². The van der Waals surface area contributed by atoms with Crippen molar-refractivity contribution >= 4 is 21.9 Å². The minimum Gasteiger partial charge on any atom is -0.314 e. The van der Waals surface area contributed by atoms with Gasteiger partial charge in [-0.3, -0.25) is 10.1 Å². The standard InChI is InChI=1S/C13H21N5O3S/c1-13(2,11(19)17-12-15-4-3-5-16-12)10-22(20,21)18-8-6-14-7-9-18/h3-5,14H,6-10H2,1-2H3,(H,15,16,17,19). The van der Waals surface area contributed by atoms with Gasteiger partial charge in [0.15, 0.2) is 0 Å². The molecule has 9 heteroatoms. The summed E-state index contributed by atoms with van der Waals surface area (Å²) in [6.45, 7) is 5.33. The van der Waals surface area contributed by atoms with Crippen molar-refractivity contribution in [2.75, 3.05) is 37.2 Å². The lowest BCUT2D eigenvalue weighted by Crippen LogP contribution is -2.50. The molecule has 1 aromatic rings. The van der Waals surface area contributed by atoms with Gasteiger partial charge in [-0.25, -0.2) is 18.4 Å². The van der Waals surface area contributed by atoms with E-state index in [1.54, 1.807) is 19.9 Å². The number of anilines is 1. The van der Waals surface area contributed by atoms with Crippen LogP contribution in [0.25, 0.3) is 0 Å². The number of amides is 1. The van der Waals surface area contributed by atoms with Crippen molar-refractivity contribution in [1.82, 2.24) is 19.6 Å². The minimum absolute atomic E-state index is 0.167.